The predicted octanol–water partition coefficient (Wildman–Crippen LogP) is 14.0. The maximum absolute atomic E-state index is 6.56. The van der Waals surface area contributed by atoms with E-state index in [4.69, 9.17) is 14.7 Å². The number of aromatic nitrogens is 2. The average molecular weight is 751 g/mol. The van der Waals surface area contributed by atoms with E-state index in [0.29, 0.717) is 0 Å². The highest BCUT2D eigenvalue weighted by molar-refractivity contribution is 7.22. The molecule has 56 heavy (non-hydrogen) atoms. The zero-order valence-electron chi connectivity index (χ0n) is 29.9. The highest BCUT2D eigenvalue weighted by Crippen LogP contribution is 2.63. The molecule has 0 fully saturated rings. The third-order valence-corrected chi connectivity index (χ3v) is 13.6. The summed E-state index contributed by atoms with van der Waals surface area (Å²) in [4.78, 5) is 10.1. The van der Waals surface area contributed by atoms with E-state index in [-0.39, 0.29) is 0 Å². The van der Waals surface area contributed by atoms with Crippen LogP contribution < -0.4 is 4.74 Å². The molecule has 0 saturated heterocycles. The number of benzene rings is 8. The molecule has 262 valence electrons. The second-order valence-electron chi connectivity index (χ2n) is 14.5. The smallest absolute Gasteiger partial charge is 0.132 e. The summed E-state index contributed by atoms with van der Waals surface area (Å²) in [5.74, 6) is 1.81. The van der Waals surface area contributed by atoms with Crippen LogP contribution in [0.4, 0.5) is 0 Å². The van der Waals surface area contributed by atoms with E-state index in [1.54, 1.807) is 22.7 Å². The van der Waals surface area contributed by atoms with Gasteiger partial charge >= 0.3 is 0 Å². The largest absolute Gasteiger partial charge is 0.457 e. The van der Waals surface area contributed by atoms with Crippen LogP contribution in [0.5, 0.6) is 11.5 Å². The second kappa shape index (κ2) is 12.2. The van der Waals surface area contributed by atoms with E-state index in [1.165, 1.54) is 53.9 Å². The minimum Gasteiger partial charge on any atom is -0.457 e. The van der Waals surface area contributed by atoms with Crippen LogP contribution in [0.1, 0.15) is 22.3 Å². The summed E-state index contributed by atoms with van der Waals surface area (Å²) in [6.45, 7) is 0. The number of rotatable bonds is 4. The van der Waals surface area contributed by atoms with Gasteiger partial charge in [-0.15, -0.1) is 22.7 Å². The molecule has 3 heterocycles. The Morgan fingerprint density at radius 2 is 0.857 bits per heavy atom. The summed E-state index contributed by atoms with van der Waals surface area (Å²) in [5, 5.41) is 2.02. The fourth-order valence-electron chi connectivity index (χ4n) is 9.02. The van der Waals surface area contributed by atoms with Gasteiger partial charge in [-0.1, -0.05) is 127 Å². The van der Waals surface area contributed by atoms with Crippen molar-refractivity contribution < 1.29 is 4.74 Å². The summed E-state index contributed by atoms with van der Waals surface area (Å²) in [7, 11) is 0. The molecular weight excluding hydrogens is 721 g/mol. The van der Waals surface area contributed by atoms with Crippen LogP contribution in [-0.2, 0) is 5.41 Å². The van der Waals surface area contributed by atoms with E-state index in [2.05, 4.69) is 182 Å². The molecule has 0 bridgehead atoms. The Labute approximate surface area is 331 Å². The van der Waals surface area contributed by atoms with Gasteiger partial charge in [0.25, 0.3) is 0 Å². The molecule has 0 radical (unpaired) electrons. The third kappa shape index (κ3) is 4.62. The van der Waals surface area contributed by atoms with Crippen molar-refractivity contribution >= 4 is 43.1 Å². The highest BCUT2D eigenvalue weighted by atomic mass is 32.1. The number of ether oxygens (including phenoxy) is 1. The fraction of sp³-hybridized carbons (Fsp3) is 0.0196. The summed E-state index contributed by atoms with van der Waals surface area (Å²) < 4.78 is 8.93. The Kier molecular flexibility index (Phi) is 6.88. The number of hydrogen-bond donors (Lipinski definition) is 0. The van der Waals surface area contributed by atoms with E-state index in [9.17, 15) is 0 Å². The number of thiazole rings is 2. The molecular formula is C51H30N2OS2. The van der Waals surface area contributed by atoms with Crippen LogP contribution in [0.2, 0.25) is 0 Å². The van der Waals surface area contributed by atoms with Gasteiger partial charge in [0.15, 0.2) is 0 Å². The van der Waals surface area contributed by atoms with Crippen molar-refractivity contribution in [1.82, 2.24) is 9.97 Å². The first kappa shape index (κ1) is 31.7. The number of hydrogen-bond acceptors (Lipinski definition) is 5. The summed E-state index contributed by atoms with van der Waals surface area (Å²) >= 11 is 3.47. The lowest BCUT2D eigenvalue weighted by Crippen LogP contribution is -2.32. The standard InChI is InChI=1S/C51H30N2OS2/c1-2-14-38-37(12-1)48-36(13-11-17-41(48)51(38)39-15-3-7-20-44(39)54-45-21-8-4-16-40(45)51)32-26-24-31(25-27-32)33-28-34(49-52-42-18-5-9-22-46(42)55-49)30-35(29-33)50-53-43-19-6-10-23-47(43)56-50/h1-30H. The van der Waals surface area contributed by atoms with Crippen molar-refractivity contribution in [2.45, 2.75) is 5.41 Å². The molecule has 2 aromatic heterocycles. The molecule has 0 saturated carbocycles. The predicted molar refractivity (Wildman–Crippen MR) is 232 cm³/mol. The Morgan fingerprint density at radius 3 is 1.48 bits per heavy atom. The molecule has 3 nitrogen and oxygen atoms in total. The van der Waals surface area contributed by atoms with Gasteiger partial charge in [0, 0.05) is 22.3 Å². The van der Waals surface area contributed by atoms with Crippen molar-refractivity contribution in [3.8, 4) is 66.0 Å². The van der Waals surface area contributed by atoms with Gasteiger partial charge in [0.1, 0.15) is 21.5 Å². The summed E-state index contributed by atoms with van der Waals surface area (Å²) in [6.07, 6.45) is 0. The van der Waals surface area contributed by atoms with Crippen molar-refractivity contribution in [2.24, 2.45) is 0 Å². The number of para-hydroxylation sites is 4. The molecule has 0 unspecified atom stereocenters. The molecule has 1 aliphatic carbocycles. The van der Waals surface area contributed by atoms with Crippen molar-refractivity contribution in [1.29, 1.82) is 0 Å². The van der Waals surface area contributed by atoms with Crippen LogP contribution in [0, 0.1) is 0 Å². The van der Waals surface area contributed by atoms with Gasteiger partial charge in [-0.05, 0) is 99.1 Å². The number of nitrogens with zero attached hydrogens (tertiary/aromatic N) is 2. The molecule has 1 spiro atoms. The Bertz CT molecular complexity index is 2990. The van der Waals surface area contributed by atoms with Crippen LogP contribution in [0.3, 0.4) is 0 Å². The zero-order valence-corrected chi connectivity index (χ0v) is 31.6. The van der Waals surface area contributed by atoms with Gasteiger partial charge in [-0.3, -0.25) is 0 Å². The van der Waals surface area contributed by atoms with Gasteiger partial charge in [-0.2, -0.15) is 0 Å². The minimum atomic E-state index is -0.495. The van der Waals surface area contributed by atoms with Crippen LogP contribution in [0.25, 0.3) is 75.0 Å². The van der Waals surface area contributed by atoms with Crippen LogP contribution >= 0.6 is 22.7 Å². The van der Waals surface area contributed by atoms with Crippen molar-refractivity contribution in [3.05, 3.63) is 204 Å². The molecule has 8 aromatic carbocycles. The lowest BCUT2D eigenvalue weighted by Gasteiger charge is -2.39. The van der Waals surface area contributed by atoms with E-state index in [1.807, 2.05) is 0 Å². The van der Waals surface area contributed by atoms with Gasteiger partial charge in [0.2, 0.25) is 0 Å². The Morgan fingerprint density at radius 1 is 0.375 bits per heavy atom. The Balaban J connectivity index is 1.01. The zero-order chi connectivity index (χ0) is 36.8. The molecule has 0 atom stereocenters. The second-order valence-corrected chi connectivity index (χ2v) is 16.5. The average Bonchev–Trinajstić information content (AvgIpc) is 3.98. The maximum Gasteiger partial charge on any atom is 0.132 e. The van der Waals surface area contributed by atoms with E-state index in [0.717, 1.165) is 54.8 Å². The number of fused-ring (bicyclic) bond motifs is 11. The SMILES string of the molecule is c1ccc2c(c1)Oc1ccccc1C21c2ccccc2-c2c(-c3ccc(-c4cc(-c5nc6ccccc6s5)cc(-c5nc6ccccc6s5)c4)cc3)cccc21. The fourth-order valence-corrected chi connectivity index (χ4v) is 10.9. The maximum atomic E-state index is 6.56. The minimum absolute atomic E-state index is 0.495. The topological polar surface area (TPSA) is 35.0 Å². The molecule has 5 heteroatoms. The third-order valence-electron chi connectivity index (χ3n) is 11.4. The quantitative estimate of drug-likeness (QED) is 0.180. The van der Waals surface area contributed by atoms with Gasteiger partial charge in [0.05, 0.1) is 25.8 Å². The van der Waals surface area contributed by atoms with E-state index >= 15 is 0 Å². The molecule has 0 N–H and O–H groups in total. The lowest BCUT2D eigenvalue weighted by atomic mass is 9.66. The first-order valence-corrected chi connectivity index (χ1v) is 20.4. The first-order chi connectivity index (χ1) is 27.7. The summed E-state index contributed by atoms with van der Waals surface area (Å²) in [6, 6.07) is 65.5. The lowest BCUT2D eigenvalue weighted by molar-refractivity contribution is 0.436. The molecule has 10 aromatic rings. The Hall–Kier alpha value is -6.66. The highest BCUT2D eigenvalue weighted by Gasteiger charge is 2.51. The molecule has 0 amide bonds. The summed E-state index contributed by atoms with van der Waals surface area (Å²) in [5.41, 5.74) is 15.9. The van der Waals surface area contributed by atoms with Gasteiger partial charge < -0.3 is 4.74 Å². The monoisotopic (exact) mass is 750 g/mol. The van der Waals surface area contributed by atoms with Crippen LogP contribution in [0.15, 0.2) is 182 Å². The molecule has 1 aliphatic heterocycles. The van der Waals surface area contributed by atoms with E-state index < -0.39 is 5.41 Å². The molecule has 12 rings (SSSR count). The van der Waals surface area contributed by atoms with Crippen molar-refractivity contribution in [2.75, 3.05) is 0 Å². The molecule has 2 aliphatic rings. The van der Waals surface area contributed by atoms with Crippen LogP contribution in [-0.4, -0.2) is 9.97 Å². The normalized spacial score (nSPS) is 13.3. The van der Waals surface area contributed by atoms with Gasteiger partial charge in [-0.25, -0.2) is 9.97 Å². The van der Waals surface area contributed by atoms with Crippen molar-refractivity contribution in [3.63, 3.8) is 0 Å². The first-order valence-electron chi connectivity index (χ1n) is 18.8.